The summed E-state index contributed by atoms with van der Waals surface area (Å²) in [7, 11) is 0. The Balaban J connectivity index is 1.60. The fourth-order valence-corrected chi connectivity index (χ4v) is 3.77. The van der Waals surface area contributed by atoms with Gasteiger partial charge in [0.05, 0.1) is 5.02 Å². The zero-order chi connectivity index (χ0) is 19.6. The smallest absolute Gasteiger partial charge is 0.263 e. The zero-order valence-electron chi connectivity index (χ0n) is 15.8. The Morgan fingerprint density at radius 1 is 1.07 bits per heavy atom. The molecule has 2 aromatic rings. The summed E-state index contributed by atoms with van der Waals surface area (Å²) in [5.74, 6) is 0.442. The number of amides is 1. The number of ether oxygens (including phenoxy) is 1. The third kappa shape index (κ3) is 4.50. The Morgan fingerprint density at radius 2 is 1.78 bits per heavy atom. The van der Waals surface area contributed by atoms with Gasteiger partial charge in [0.15, 0.2) is 6.10 Å². The van der Waals surface area contributed by atoms with Gasteiger partial charge in [-0.25, -0.2) is 0 Å². The zero-order valence-corrected chi connectivity index (χ0v) is 17.3. The largest absolute Gasteiger partial charge is 0.479 e. The first-order chi connectivity index (χ1) is 12.9. The molecule has 0 saturated carbocycles. The number of nitrogens with zero attached hydrogens (tertiary/aromatic N) is 2. The second kappa shape index (κ2) is 8.41. The van der Waals surface area contributed by atoms with Crippen molar-refractivity contribution in [3.63, 3.8) is 0 Å². The van der Waals surface area contributed by atoms with E-state index in [4.69, 9.17) is 27.9 Å². The normalized spacial score (nSPS) is 15.6. The van der Waals surface area contributed by atoms with Gasteiger partial charge in [0.25, 0.3) is 5.91 Å². The average molecular weight is 407 g/mol. The summed E-state index contributed by atoms with van der Waals surface area (Å²) in [6.07, 6.45) is -0.601. The topological polar surface area (TPSA) is 32.8 Å². The van der Waals surface area contributed by atoms with Gasteiger partial charge in [-0.1, -0.05) is 35.3 Å². The van der Waals surface area contributed by atoms with E-state index in [0.29, 0.717) is 28.9 Å². The highest BCUT2D eigenvalue weighted by atomic mass is 35.5. The number of piperazine rings is 1. The lowest BCUT2D eigenvalue weighted by atomic mass is 10.1. The van der Waals surface area contributed by atoms with Crippen molar-refractivity contribution in [2.24, 2.45) is 0 Å². The molecule has 4 nitrogen and oxygen atoms in total. The molecule has 3 rings (SSSR count). The van der Waals surface area contributed by atoms with E-state index in [0.717, 1.165) is 13.1 Å². The van der Waals surface area contributed by atoms with E-state index in [1.807, 2.05) is 4.90 Å². The van der Waals surface area contributed by atoms with Crippen LogP contribution in [-0.2, 0) is 4.79 Å². The SMILES string of the molecule is Cc1cccc(N2CCN(C(=O)[C@@H](C)Oc3ccc(Cl)cc3Cl)CC2)c1C. The van der Waals surface area contributed by atoms with E-state index in [1.165, 1.54) is 16.8 Å². The Kier molecular flexibility index (Phi) is 6.18. The summed E-state index contributed by atoms with van der Waals surface area (Å²) in [6.45, 7) is 9.00. The fraction of sp³-hybridized carbons (Fsp3) is 0.381. The molecule has 1 amide bonds. The number of carbonyl (C=O) groups is 1. The summed E-state index contributed by atoms with van der Waals surface area (Å²) in [5, 5.41) is 0.941. The van der Waals surface area contributed by atoms with Crippen LogP contribution >= 0.6 is 23.2 Å². The van der Waals surface area contributed by atoms with Crippen LogP contribution in [0.3, 0.4) is 0 Å². The van der Waals surface area contributed by atoms with Crippen LogP contribution in [0.2, 0.25) is 10.0 Å². The van der Waals surface area contributed by atoms with Crippen LogP contribution in [0.25, 0.3) is 0 Å². The number of hydrogen-bond donors (Lipinski definition) is 0. The molecule has 1 saturated heterocycles. The lowest BCUT2D eigenvalue weighted by Gasteiger charge is -2.38. The minimum absolute atomic E-state index is 0.0263. The molecule has 2 aromatic carbocycles. The van der Waals surface area contributed by atoms with Crippen molar-refractivity contribution in [2.45, 2.75) is 26.9 Å². The monoisotopic (exact) mass is 406 g/mol. The second-order valence-corrected chi connectivity index (χ2v) is 7.71. The summed E-state index contributed by atoms with van der Waals surface area (Å²) in [4.78, 5) is 17.0. The van der Waals surface area contributed by atoms with Crippen LogP contribution in [0.15, 0.2) is 36.4 Å². The predicted molar refractivity (Wildman–Crippen MR) is 111 cm³/mol. The van der Waals surface area contributed by atoms with Gasteiger partial charge in [0.2, 0.25) is 0 Å². The molecule has 1 aliphatic heterocycles. The second-order valence-electron chi connectivity index (χ2n) is 6.87. The molecule has 1 fully saturated rings. The van der Waals surface area contributed by atoms with Gasteiger partial charge in [-0.3, -0.25) is 4.79 Å². The summed E-state index contributed by atoms with van der Waals surface area (Å²) in [6, 6.07) is 11.4. The molecular weight excluding hydrogens is 383 g/mol. The van der Waals surface area contributed by atoms with E-state index in [2.05, 4.69) is 36.9 Å². The van der Waals surface area contributed by atoms with Gasteiger partial charge >= 0.3 is 0 Å². The van der Waals surface area contributed by atoms with Crippen LogP contribution in [0.5, 0.6) is 5.75 Å². The molecule has 0 spiro atoms. The highest BCUT2D eigenvalue weighted by molar-refractivity contribution is 6.35. The van der Waals surface area contributed by atoms with Crippen LogP contribution in [0, 0.1) is 13.8 Å². The Morgan fingerprint density at radius 3 is 2.44 bits per heavy atom. The lowest BCUT2D eigenvalue weighted by Crippen LogP contribution is -2.52. The van der Waals surface area contributed by atoms with Crippen LogP contribution < -0.4 is 9.64 Å². The van der Waals surface area contributed by atoms with Crippen molar-refractivity contribution < 1.29 is 9.53 Å². The lowest BCUT2D eigenvalue weighted by molar-refractivity contribution is -0.138. The first-order valence-corrected chi connectivity index (χ1v) is 9.84. The molecule has 1 aliphatic rings. The highest BCUT2D eigenvalue weighted by Crippen LogP contribution is 2.29. The maximum atomic E-state index is 12.8. The van der Waals surface area contributed by atoms with Crippen molar-refractivity contribution in [2.75, 3.05) is 31.1 Å². The Labute approximate surface area is 170 Å². The quantitative estimate of drug-likeness (QED) is 0.735. The van der Waals surface area contributed by atoms with Crippen LogP contribution in [0.1, 0.15) is 18.1 Å². The summed E-state index contributed by atoms with van der Waals surface area (Å²) >= 11 is 12.0. The average Bonchev–Trinajstić information content (AvgIpc) is 2.66. The number of rotatable bonds is 4. The third-order valence-electron chi connectivity index (χ3n) is 5.05. The van der Waals surface area contributed by atoms with Gasteiger partial charge in [0.1, 0.15) is 5.75 Å². The molecule has 0 radical (unpaired) electrons. The van der Waals surface area contributed by atoms with E-state index >= 15 is 0 Å². The number of hydrogen-bond acceptors (Lipinski definition) is 3. The van der Waals surface area contributed by atoms with Gasteiger partial charge in [0, 0.05) is 36.9 Å². The predicted octanol–water partition coefficient (Wildman–Crippen LogP) is 4.73. The highest BCUT2D eigenvalue weighted by Gasteiger charge is 2.27. The maximum absolute atomic E-state index is 12.8. The number of benzene rings is 2. The first kappa shape index (κ1) is 19.8. The number of aryl methyl sites for hydroxylation is 1. The first-order valence-electron chi connectivity index (χ1n) is 9.08. The standard InChI is InChI=1S/C21H24Cl2N2O2/c1-14-5-4-6-19(15(14)2)24-9-11-25(12-10-24)21(26)16(3)27-20-8-7-17(22)13-18(20)23/h4-8,13,16H,9-12H2,1-3H3/t16-/m1/s1. The van der Waals surface area contributed by atoms with E-state index < -0.39 is 6.10 Å². The molecule has 0 unspecified atom stereocenters. The molecule has 144 valence electrons. The summed E-state index contributed by atoms with van der Waals surface area (Å²) in [5.41, 5.74) is 3.83. The molecule has 1 heterocycles. The minimum Gasteiger partial charge on any atom is -0.479 e. The molecular formula is C21H24Cl2N2O2. The number of halogens is 2. The van der Waals surface area contributed by atoms with E-state index in [-0.39, 0.29) is 5.91 Å². The Hall–Kier alpha value is -1.91. The van der Waals surface area contributed by atoms with Crippen molar-refractivity contribution in [1.82, 2.24) is 4.90 Å². The van der Waals surface area contributed by atoms with Gasteiger partial charge < -0.3 is 14.5 Å². The fourth-order valence-electron chi connectivity index (χ4n) is 3.31. The van der Waals surface area contributed by atoms with Gasteiger partial charge in [-0.15, -0.1) is 0 Å². The van der Waals surface area contributed by atoms with E-state index in [9.17, 15) is 4.79 Å². The van der Waals surface area contributed by atoms with Crippen LogP contribution in [-0.4, -0.2) is 43.1 Å². The van der Waals surface area contributed by atoms with Crippen molar-refractivity contribution >= 4 is 34.8 Å². The molecule has 0 N–H and O–H groups in total. The van der Waals surface area contributed by atoms with Crippen molar-refractivity contribution in [3.05, 3.63) is 57.6 Å². The molecule has 0 aromatic heterocycles. The minimum atomic E-state index is -0.601. The molecule has 27 heavy (non-hydrogen) atoms. The molecule has 6 heteroatoms. The van der Waals surface area contributed by atoms with Crippen molar-refractivity contribution in [3.8, 4) is 5.75 Å². The van der Waals surface area contributed by atoms with Gasteiger partial charge in [-0.2, -0.15) is 0 Å². The third-order valence-corrected chi connectivity index (χ3v) is 5.58. The Bertz CT molecular complexity index is 833. The maximum Gasteiger partial charge on any atom is 0.263 e. The van der Waals surface area contributed by atoms with Crippen molar-refractivity contribution in [1.29, 1.82) is 0 Å². The van der Waals surface area contributed by atoms with Crippen LogP contribution in [0.4, 0.5) is 5.69 Å². The molecule has 0 bridgehead atoms. The number of anilines is 1. The molecule has 1 atom stereocenters. The van der Waals surface area contributed by atoms with Gasteiger partial charge in [-0.05, 0) is 56.2 Å². The number of carbonyl (C=O) groups excluding carboxylic acids is 1. The van der Waals surface area contributed by atoms with E-state index in [1.54, 1.807) is 25.1 Å². The molecule has 0 aliphatic carbocycles. The summed E-state index contributed by atoms with van der Waals surface area (Å²) < 4.78 is 5.77.